The van der Waals surface area contributed by atoms with Gasteiger partial charge in [-0.15, -0.1) is 0 Å². The number of hydrogen-bond acceptors (Lipinski definition) is 26. The molecule has 630 valence electrons. The lowest BCUT2D eigenvalue weighted by molar-refractivity contribution is -0.142. The summed E-state index contributed by atoms with van der Waals surface area (Å²) in [6, 6.07) is -20.5. The van der Waals surface area contributed by atoms with Gasteiger partial charge in [-0.3, -0.25) is 72.5 Å². The van der Waals surface area contributed by atoms with E-state index in [1.165, 1.54) is 75.1 Å². The molecule has 0 radical (unpaired) electrons. The molecule has 0 aliphatic carbocycles. The summed E-state index contributed by atoms with van der Waals surface area (Å²) < 4.78 is 0. The van der Waals surface area contributed by atoms with Gasteiger partial charge in [-0.25, -0.2) is 34.7 Å². The monoisotopic (exact) mass is 1630 g/mol. The summed E-state index contributed by atoms with van der Waals surface area (Å²) in [6.45, 7) is 2.68. The number of carbonyl (C=O) groups is 15. The molecule has 6 aromatic heterocycles. The van der Waals surface area contributed by atoms with Crippen LogP contribution in [0.5, 0.6) is 0 Å². The van der Waals surface area contributed by atoms with E-state index in [1.54, 1.807) is 13.8 Å². The summed E-state index contributed by atoms with van der Waals surface area (Å²) in [5.74, 6) is -18.0. The first kappa shape index (κ1) is 91.3. The van der Waals surface area contributed by atoms with Crippen LogP contribution in [0.2, 0.25) is 0 Å². The van der Waals surface area contributed by atoms with E-state index in [-0.39, 0.29) is 98.7 Å². The summed E-state index contributed by atoms with van der Waals surface area (Å²) in [4.78, 5) is 247. The van der Waals surface area contributed by atoms with Crippen molar-refractivity contribution in [1.82, 2.24) is 134 Å². The summed E-state index contributed by atoms with van der Waals surface area (Å²) >= 11 is 0. The van der Waals surface area contributed by atoms with Crippen molar-refractivity contribution in [3.8, 4) is 0 Å². The number of aliphatic hydroxyl groups excluding tert-OH is 3. The standard InChI is InChI=1S/C67H97N29O20/c1-31(2)8-41(85-50(100)16-68)56(105)92-47(15-52(102)103)62(111)94-49(24-97)63(112)96-54(33(4)99)65(114)87-40(6-5-7-77-67(69)70)55(104)95-53(32(3)98)64(113)78-23-51(101)86-42(9-34-17-71-25-79-34)57(106)88-43(10-35-18-72-26-80-35)58(107)89-44(11-36-19-73-27-81-36)59(108)90-45(12-37-20-74-28-82-37)60(109)91-46(13-38-21-75-29-83-38)61(110)93-48(66(115)116)14-39-22-76-30-84-39/h17-22,25-33,40-49,53-54,97-99H,5-16,23-24,68H2,1-4H3,(H,71,79)(H,72,80)(H,73,81)(H,74,82)(H,75,83)(H,76,84)(H,78,113)(H,85,100)(H,86,101)(H,87,114)(H,88,106)(H,89,107)(H,90,108)(H,91,109)(H,92,105)(H,93,110)(H,94,111)(H,95,104)(H,96,112)(H,102,103)(H,115,116)(H4,69,70,77)/t32-,33-,40+,41+,42+,43+,44+,45+,46+,47+,48+,49+,53+,54+/m1/s1. The molecule has 0 aliphatic rings. The van der Waals surface area contributed by atoms with Gasteiger partial charge in [-0.1, -0.05) is 13.8 Å². The molecule has 0 fully saturated rings. The number of nitrogens with two attached hydrogens (primary N) is 2. The van der Waals surface area contributed by atoms with Gasteiger partial charge in [0.05, 0.1) is 110 Å². The van der Waals surface area contributed by atoms with E-state index in [2.05, 4.69) is 134 Å². The lowest BCUT2D eigenvalue weighted by Crippen LogP contribution is -2.63. The third kappa shape index (κ3) is 30.5. The summed E-state index contributed by atoms with van der Waals surface area (Å²) in [5, 5.41) is 92.7. The van der Waals surface area contributed by atoms with Crippen molar-refractivity contribution in [2.45, 2.75) is 177 Å². The van der Waals surface area contributed by atoms with Crippen LogP contribution in [-0.2, 0) is 110 Å². The minimum Gasteiger partial charge on any atom is -0.481 e. The van der Waals surface area contributed by atoms with E-state index in [1.807, 2.05) is 0 Å². The highest BCUT2D eigenvalue weighted by molar-refractivity contribution is 6.00. The number of imidazole rings is 6. The van der Waals surface area contributed by atoms with E-state index in [0.717, 1.165) is 13.8 Å². The van der Waals surface area contributed by atoms with Gasteiger partial charge in [0.2, 0.25) is 76.8 Å². The number of hydrogen-bond donors (Lipinski definition) is 28. The number of nitrogens with zero attached hydrogens (tertiary/aromatic N) is 6. The van der Waals surface area contributed by atoms with Crippen LogP contribution in [0.25, 0.3) is 0 Å². The van der Waals surface area contributed by atoms with Crippen LogP contribution < -0.4 is 85.9 Å². The first-order chi connectivity index (χ1) is 55.2. The lowest BCUT2D eigenvalue weighted by Gasteiger charge is -2.28. The smallest absolute Gasteiger partial charge is 0.326 e. The van der Waals surface area contributed by atoms with Gasteiger partial charge in [0.15, 0.2) is 5.96 Å². The number of H-pyrrole nitrogens is 6. The van der Waals surface area contributed by atoms with Crippen LogP contribution in [0, 0.1) is 11.3 Å². The van der Waals surface area contributed by atoms with E-state index in [4.69, 9.17) is 16.9 Å². The highest BCUT2D eigenvalue weighted by Crippen LogP contribution is 2.13. The molecular formula is C67H97N29O20. The molecule has 0 spiro atoms. The Morgan fingerprint density at radius 2 is 0.707 bits per heavy atom. The van der Waals surface area contributed by atoms with Crippen LogP contribution in [0.1, 0.15) is 87.5 Å². The number of carboxylic acids is 2. The van der Waals surface area contributed by atoms with E-state index in [9.17, 15) is 97.5 Å². The van der Waals surface area contributed by atoms with Crippen molar-refractivity contribution < 1.29 is 97.5 Å². The number of carbonyl (C=O) groups excluding carboxylic acids is 13. The molecule has 0 aliphatic heterocycles. The van der Waals surface area contributed by atoms with Gasteiger partial charge < -0.3 is 141 Å². The first-order valence-corrected chi connectivity index (χ1v) is 36.2. The number of aliphatic carboxylic acids is 2. The maximum absolute atomic E-state index is 14.8. The van der Waals surface area contributed by atoms with Crippen molar-refractivity contribution in [3.63, 3.8) is 0 Å². The number of nitrogens with one attached hydrogen (secondary N) is 21. The van der Waals surface area contributed by atoms with E-state index < -0.39 is 206 Å². The molecule has 6 aromatic rings. The number of carboxylic acid groups (broad SMARTS) is 2. The number of aromatic nitrogens is 12. The lowest BCUT2D eigenvalue weighted by atomic mass is 10.0. The number of aromatic amines is 6. The maximum atomic E-state index is 14.8. The number of aliphatic hydroxyl groups is 3. The average Bonchev–Trinajstić information content (AvgIpc) is 1.19. The zero-order valence-corrected chi connectivity index (χ0v) is 63.2. The number of amides is 13. The van der Waals surface area contributed by atoms with Crippen LogP contribution in [-0.4, -0.2) is 291 Å². The molecule has 0 saturated carbocycles. The Balaban J connectivity index is 1.16. The molecule has 0 bridgehead atoms. The Morgan fingerprint density at radius 3 is 1.04 bits per heavy atom. The zero-order valence-electron chi connectivity index (χ0n) is 63.2. The van der Waals surface area contributed by atoms with Crippen molar-refractivity contribution in [2.24, 2.45) is 17.4 Å². The molecule has 116 heavy (non-hydrogen) atoms. The summed E-state index contributed by atoms with van der Waals surface area (Å²) in [7, 11) is 0. The van der Waals surface area contributed by atoms with Gasteiger partial charge in [0.1, 0.15) is 72.5 Å². The third-order valence-electron chi connectivity index (χ3n) is 17.1. The van der Waals surface area contributed by atoms with Crippen LogP contribution in [0.3, 0.4) is 0 Å². The molecule has 6 rings (SSSR count). The molecular weight excluding hydrogens is 1530 g/mol. The second kappa shape index (κ2) is 45.8. The summed E-state index contributed by atoms with van der Waals surface area (Å²) in [6.07, 6.45) is 9.15. The van der Waals surface area contributed by atoms with Gasteiger partial charge in [0, 0.05) is 82.3 Å². The average molecular weight is 1630 g/mol. The second-order valence-electron chi connectivity index (χ2n) is 26.9. The minimum atomic E-state index is -2.02. The highest BCUT2D eigenvalue weighted by Gasteiger charge is 2.39. The Labute approximate surface area is 659 Å². The molecule has 13 amide bonds. The SMILES string of the molecule is CC(C)C[C@H](NC(=O)CN)C(=O)N[C@@H](CC(=O)O)C(=O)N[C@@H](CO)C(=O)N[C@H](C(=O)N[C@@H](CCCNC(=N)N)C(=O)N[C@H](C(=O)NCC(=O)N[C@@H](Cc1c[nH]cn1)C(=O)N[C@@H](Cc1c[nH]cn1)C(=O)N[C@@H](Cc1c[nH]cn1)C(=O)N[C@@H](Cc1c[nH]cn1)C(=O)N[C@@H](Cc1c[nH]cn1)C(=O)N[C@@H](Cc1c[nH]cn1)C(=O)O)[C@@H](C)O)[C@@H](C)O. The van der Waals surface area contributed by atoms with Gasteiger partial charge >= 0.3 is 11.9 Å². The molecule has 30 N–H and O–H groups in total. The van der Waals surface area contributed by atoms with Crippen LogP contribution >= 0.6 is 0 Å². The zero-order chi connectivity index (χ0) is 85.1. The number of rotatable bonds is 50. The second-order valence-corrected chi connectivity index (χ2v) is 26.9. The Bertz CT molecular complexity index is 4220. The van der Waals surface area contributed by atoms with Crippen molar-refractivity contribution in [2.75, 3.05) is 26.2 Å². The third-order valence-corrected chi connectivity index (χ3v) is 17.1. The normalized spacial score (nSPS) is 14.8. The van der Waals surface area contributed by atoms with Gasteiger partial charge in [-0.05, 0) is 39.0 Å². The Morgan fingerprint density at radius 1 is 0.397 bits per heavy atom. The Kier molecular flexibility index (Phi) is 36.1. The molecule has 0 unspecified atom stereocenters. The molecule has 0 saturated heterocycles. The highest BCUT2D eigenvalue weighted by atomic mass is 16.4. The fourth-order valence-corrected chi connectivity index (χ4v) is 11.3. The van der Waals surface area contributed by atoms with Crippen LogP contribution in [0.4, 0.5) is 0 Å². The summed E-state index contributed by atoms with van der Waals surface area (Å²) in [5.41, 5.74) is 12.2. The van der Waals surface area contributed by atoms with E-state index >= 15 is 0 Å². The molecule has 49 heteroatoms. The van der Waals surface area contributed by atoms with Crippen LogP contribution in [0.15, 0.2) is 75.1 Å². The van der Waals surface area contributed by atoms with Gasteiger partial charge in [-0.2, -0.15) is 0 Å². The topological polar surface area (TPSA) is 774 Å². The van der Waals surface area contributed by atoms with Crippen molar-refractivity contribution in [3.05, 3.63) is 109 Å². The Hall–Kier alpha value is -13.6. The van der Waals surface area contributed by atoms with Crippen molar-refractivity contribution in [1.29, 1.82) is 5.41 Å². The largest absolute Gasteiger partial charge is 0.481 e. The number of guanidine groups is 1. The van der Waals surface area contributed by atoms with E-state index in [0.29, 0.717) is 5.69 Å². The maximum Gasteiger partial charge on any atom is 0.326 e. The predicted molar refractivity (Wildman–Crippen MR) is 398 cm³/mol. The molecule has 49 nitrogen and oxygen atoms in total. The van der Waals surface area contributed by atoms with Crippen molar-refractivity contribution >= 4 is 94.7 Å². The first-order valence-electron chi connectivity index (χ1n) is 36.2. The predicted octanol–water partition coefficient (Wildman–Crippen LogP) is -10.7. The fraction of sp³-hybridized carbons (Fsp3) is 0.493. The molecule has 0 aromatic carbocycles. The molecule has 6 heterocycles. The minimum absolute atomic E-state index is 0.0186. The fourth-order valence-electron chi connectivity index (χ4n) is 11.3. The van der Waals surface area contributed by atoms with Gasteiger partial charge in [0.25, 0.3) is 0 Å². The molecule has 14 atom stereocenters. The quantitative estimate of drug-likeness (QED) is 0.00958.